The van der Waals surface area contributed by atoms with Crippen molar-refractivity contribution >= 4 is 34.1 Å². The monoisotopic (exact) mass is 416 g/mol. The highest BCUT2D eigenvalue weighted by Crippen LogP contribution is 2.37. The molecule has 3 heterocycles. The van der Waals surface area contributed by atoms with Gasteiger partial charge in [-0.1, -0.05) is 11.8 Å². The van der Waals surface area contributed by atoms with Gasteiger partial charge in [0.2, 0.25) is 11.1 Å². The maximum absolute atomic E-state index is 12.3. The van der Waals surface area contributed by atoms with Gasteiger partial charge < -0.3 is 14.8 Å². The van der Waals surface area contributed by atoms with E-state index >= 15 is 0 Å². The third kappa shape index (κ3) is 3.67. The molecule has 0 spiro atoms. The van der Waals surface area contributed by atoms with Gasteiger partial charge in [-0.05, 0) is 41.5 Å². The van der Waals surface area contributed by atoms with Crippen molar-refractivity contribution in [3.05, 3.63) is 23.6 Å². The summed E-state index contributed by atoms with van der Waals surface area (Å²) >= 11 is 2.71. The van der Waals surface area contributed by atoms with E-state index < -0.39 is 0 Å². The van der Waals surface area contributed by atoms with E-state index in [0.717, 1.165) is 29.8 Å². The van der Waals surface area contributed by atoms with Crippen LogP contribution in [-0.4, -0.2) is 50.1 Å². The van der Waals surface area contributed by atoms with Crippen LogP contribution in [0.3, 0.4) is 0 Å². The number of carbonyl (C=O) groups is 1. The summed E-state index contributed by atoms with van der Waals surface area (Å²) in [6.45, 7) is 1.10. The van der Waals surface area contributed by atoms with E-state index in [-0.39, 0.29) is 11.7 Å². The Labute approximate surface area is 168 Å². The minimum atomic E-state index is -0.140. The van der Waals surface area contributed by atoms with Gasteiger partial charge in [0.1, 0.15) is 13.2 Å². The summed E-state index contributed by atoms with van der Waals surface area (Å²) in [6, 6.07) is 6.10. The Hall–Kier alpha value is -2.66. The van der Waals surface area contributed by atoms with E-state index in [1.807, 2.05) is 23.6 Å². The predicted octanol–water partition coefficient (Wildman–Crippen LogP) is 2.63. The van der Waals surface area contributed by atoms with Crippen molar-refractivity contribution < 1.29 is 14.3 Å². The quantitative estimate of drug-likeness (QED) is 0.612. The van der Waals surface area contributed by atoms with E-state index in [1.54, 1.807) is 4.68 Å². The fourth-order valence-corrected chi connectivity index (χ4v) is 4.26. The Balaban J connectivity index is 1.21. The van der Waals surface area contributed by atoms with Crippen LogP contribution in [0.1, 0.15) is 18.9 Å². The zero-order chi connectivity index (χ0) is 18.9. The number of hydrogen-bond donors (Lipinski definition) is 1. The molecule has 2 aromatic heterocycles. The first-order valence-electron chi connectivity index (χ1n) is 8.82. The molecule has 0 saturated heterocycles. The third-order valence-corrected chi connectivity index (χ3v) is 5.97. The average Bonchev–Trinajstić information content (AvgIpc) is 3.27. The second-order valence-electron chi connectivity index (χ2n) is 6.37. The highest BCUT2D eigenvalue weighted by atomic mass is 32.2. The molecule has 1 amide bonds. The zero-order valence-electron chi connectivity index (χ0n) is 14.7. The van der Waals surface area contributed by atoms with Gasteiger partial charge >= 0.3 is 0 Å². The topological polar surface area (TPSA) is 104 Å². The van der Waals surface area contributed by atoms with Crippen LogP contribution in [0.4, 0.5) is 5.13 Å². The Morgan fingerprint density at radius 1 is 1.29 bits per heavy atom. The van der Waals surface area contributed by atoms with Gasteiger partial charge in [-0.2, -0.15) is 0 Å². The molecule has 1 saturated carbocycles. The van der Waals surface area contributed by atoms with E-state index in [2.05, 4.69) is 25.8 Å². The van der Waals surface area contributed by atoms with E-state index in [1.165, 1.54) is 23.1 Å². The van der Waals surface area contributed by atoms with Gasteiger partial charge in [-0.25, -0.2) is 9.67 Å². The summed E-state index contributed by atoms with van der Waals surface area (Å²) in [7, 11) is 0. The number of ether oxygens (including phenoxy) is 2. The first-order chi connectivity index (χ1) is 13.8. The molecular formula is C17H16N6O3S2. The highest BCUT2D eigenvalue weighted by molar-refractivity contribution is 7.99. The van der Waals surface area contributed by atoms with Crippen molar-refractivity contribution in [2.45, 2.75) is 24.0 Å². The van der Waals surface area contributed by atoms with Gasteiger partial charge in [0.05, 0.1) is 17.5 Å². The van der Waals surface area contributed by atoms with Crippen molar-refractivity contribution in [2.75, 3.05) is 24.3 Å². The number of aromatic nitrogens is 5. The number of carbonyl (C=O) groups excluding carboxylic acids is 1. The lowest BCUT2D eigenvalue weighted by molar-refractivity contribution is -0.113. The lowest BCUT2D eigenvalue weighted by atomic mass is 10.1. The molecule has 9 nitrogen and oxygen atoms in total. The van der Waals surface area contributed by atoms with E-state index in [4.69, 9.17) is 9.47 Å². The molecule has 1 aromatic carbocycles. The Bertz CT molecular complexity index is 1020. The number of anilines is 1. The van der Waals surface area contributed by atoms with Crippen molar-refractivity contribution in [1.29, 1.82) is 0 Å². The van der Waals surface area contributed by atoms with Crippen molar-refractivity contribution in [2.24, 2.45) is 0 Å². The molecule has 0 unspecified atom stereocenters. The van der Waals surface area contributed by atoms with Crippen molar-refractivity contribution in [3.8, 4) is 22.8 Å². The molecular weight excluding hydrogens is 400 g/mol. The van der Waals surface area contributed by atoms with Crippen molar-refractivity contribution in [1.82, 2.24) is 25.2 Å². The van der Waals surface area contributed by atoms with Gasteiger partial charge in [0.15, 0.2) is 16.6 Å². The van der Waals surface area contributed by atoms with Crippen LogP contribution in [-0.2, 0) is 4.79 Å². The molecule has 1 N–H and O–H groups in total. The van der Waals surface area contributed by atoms with Crippen LogP contribution in [0.15, 0.2) is 28.7 Å². The van der Waals surface area contributed by atoms with Crippen LogP contribution in [0.25, 0.3) is 11.3 Å². The number of hydrogen-bond acceptors (Lipinski definition) is 9. The summed E-state index contributed by atoms with van der Waals surface area (Å²) in [5.41, 5.74) is 1.70. The first kappa shape index (κ1) is 17.4. The number of nitrogens with one attached hydrogen (secondary N) is 1. The predicted molar refractivity (Wildman–Crippen MR) is 104 cm³/mol. The lowest BCUT2D eigenvalue weighted by Crippen LogP contribution is -2.15. The molecule has 5 rings (SSSR count). The summed E-state index contributed by atoms with van der Waals surface area (Å²) in [6.07, 6.45) is 2.18. The first-order valence-corrected chi connectivity index (χ1v) is 10.7. The van der Waals surface area contributed by atoms with Gasteiger partial charge in [-0.3, -0.25) is 4.79 Å². The molecule has 2 aliphatic rings. The standard InChI is InChI=1S/C17H16N6O3S2/c24-15(9-28-17-20-21-22-23(17)11-2-3-11)19-16-18-12(8-27-16)10-1-4-13-14(7-10)26-6-5-25-13/h1,4,7-8,11H,2-3,5-6,9H2,(H,18,19,24). The van der Waals surface area contributed by atoms with Crippen LogP contribution in [0.2, 0.25) is 0 Å². The molecule has 1 aliphatic heterocycles. The maximum Gasteiger partial charge on any atom is 0.236 e. The Morgan fingerprint density at radius 2 is 2.14 bits per heavy atom. The fraction of sp³-hybridized carbons (Fsp3) is 0.353. The molecule has 11 heteroatoms. The minimum Gasteiger partial charge on any atom is -0.486 e. The number of thiazole rings is 1. The van der Waals surface area contributed by atoms with E-state index in [9.17, 15) is 4.79 Å². The summed E-state index contributed by atoms with van der Waals surface area (Å²) in [5.74, 6) is 1.54. The van der Waals surface area contributed by atoms with Crippen LogP contribution in [0.5, 0.6) is 11.5 Å². The van der Waals surface area contributed by atoms with E-state index in [0.29, 0.717) is 35.3 Å². The number of amides is 1. The molecule has 0 radical (unpaired) electrons. The normalized spacial score (nSPS) is 15.4. The Morgan fingerprint density at radius 3 is 3.00 bits per heavy atom. The van der Waals surface area contributed by atoms with Gasteiger partial charge in [0.25, 0.3) is 0 Å². The molecule has 28 heavy (non-hydrogen) atoms. The SMILES string of the molecule is O=C(CSc1nnnn1C1CC1)Nc1nc(-c2ccc3c(c2)OCCO3)cs1. The maximum atomic E-state index is 12.3. The third-order valence-electron chi connectivity index (χ3n) is 4.28. The van der Waals surface area contributed by atoms with Gasteiger partial charge in [0, 0.05) is 10.9 Å². The van der Waals surface area contributed by atoms with Crippen molar-refractivity contribution in [3.63, 3.8) is 0 Å². The lowest BCUT2D eigenvalue weighted by Gasteiger charge is -2.18. The largest absolute Gasteiger partial charge is 0.486 e. The summed E-state index contributed by atoms with van der Waals surface area (Å²) in [4.78, 5) is 16.8. The molecule has 3 aromatic rings. The summed E-state index contributed by atoms with van der Waals surface area (Å²) < 4.78 is 12.9. The van der Waals surface area contributed by atoms with Crippen LogP contribution in [0, 0.1) is 0 Å². The number of rotatable bonds is 6. The number of tetrazole rings is 1. The van der Waals surface area contributed by atoms with Crippen LogP contribution < -0.4 is 14.8 Å². The number of thioether (sulfide) groups is 1. The molecule has 144 valence electrons. The second kappa shape index (κ2) is 7.40. The second-order valence-corrected chi connectivity index (χ2v) is 8.17. The van der Waals surface area contributed by atoms with Gasteiger partial charge in [-0.15, -0.1) is 16.4 Å². The average molecular weight is 416 g/mol. The molecule has 0 bridgehead atoms. The molecule has 1 aliphatic carbocycles. The number of fused-ring (bicyclic) bond motifs is 1. The Kier molecular flexibility index (Phi) is 4.61. The van der Waals surface area contributed by atoms with Crippen LogP contribution >= 0.6 is 23.1 Å². The highest BCUT2D eigenvalue weighted by Gasteiger charge is 2.28. The molecule has 1 fully saturated rings. The fourth-order valence-electron chi connectivity index (χ4n) is 2.78. The number of nitrogens with zero attached hydrogens (tertiary/aromatic N) is 5. The summed E-state index contributed by atoms with van der Waals surface area (Å²) in [5, 5.41) is 17.6. The number of benzene rings is 1. The molecule has 0 atom stereocenters. The smallest absolute Gasteiger partial charge is 0.236 e. The zero-order valence-corrected chi connectivity index (χ0v) is 16.3. The minimum absolute atomic E-state index is 0.140.